The molecule has 1 heterocycles. The Morgan fingerprint density at radius 3 is 2.21 bits per heavy atom. The van der Waals surface area contributed by atoms with Gasteiger partial charge in [0.1, 0.15) is 0 Å². The minimum Gasteiger partial charge on any atom is -0.358 e. The van der Waals surface area contributed by atoms with Gasteiger partial charge in [-0.3, -0.25) is 0 Å². The van der Waals surface area contributed by atoms with Gasteiger partial charge in [0.25, 0.3) is 0 Å². The van der Waals surface area contributed by atoms with Crippen LogP contribution in [0.4, 0.5) is 0 Å². The minimum absolute atomic E-state index is 1.28. The number of hydrogen-bond donors (Lipinski definition) is 1. The van der Waals surface area contributed by atoms with Crippen molar-refractivity contribution >= 4 is 10.9 Å². The Balaban J connectivity index is 0.000000461. The predicted molar refractivity (Wildman–Crippen MR) is 63.9 cm³/mol. The van der Waals surface area contributed by atoms with E-state index in [0.29, 0.717) is 0 Å². The van der Waals surface area contributed by atoms with Crippen LogP contribution in [0.1, 0.15) is 30.7 Å². The molecular weight excluding hydrogens is 170 g/mol. The molecule has 2 aromatic rings. The van der Waals surface area contributed by atoms with Crippen LogP contribution >= 0.6 is 0 Å². The summed E-state index contributed by atoms with van der Waals surface area (Å²) in [5.41, 5.74) is 5.25. The zero-order valence-electron chi connectivity index (χ0n) is 9.73. The summed E-state index contributed by atoms with van der Waals surface area (Å²) in [5.74, 6) is 0. The Morgan fingerprint density at radius 1 is 1.00 bits per heavy atom. The van der Waals surface area contributed by atoms with E-state index in [2.05, 4.69) is 44.0 Å². The summed E-state index contributed by atoms with van der Waals surface area (Å²) >= 11 is 0. The van der Waals surface area contributed by atoms with E-state index in [1.807, 2.05) is 13.8 Å². The van der Waals surface area contributed by atoms with Crippen molar-refractivity contribution in [1.82, 2.24) is 4.98 Å². The van der Waals surface area contributed by atoms with Crippen LogP contribution in [-0.2, 0) is 0 Å². The summed E-state index contributed by atoms with van der Waals surface area (Å²) in [6.45, 7) is 10.4. The lowest BCUT2D eigenvalue weighted by Gasteiger charge is -1.94. The number of aromatic amines is 1. The van der Waals surface area contributed by atoms with Crippen LogP contribution in [0.3, 0.4) is 0 Å². The zero-order valence-corrected chi connectivity index (χ0v) is 9.73. The number of para-hydroxylation sites is 1. The van der Waals surface area contributed by atoms with Crippen molar-refractivity contribution in [2.24, 2.45) is 0 Å². The highest BCUT2D eigenvalue weighted by atomic mass is 14.7. The number of rotatable bonds is 0. The highest BCUT2D eigenvalue weighted by molar-refractivity contribution is 5.86. The van der Waals surface area contributed by atoms with Crippen molar-refractivity contribution in [2.45, 2.75) is 34.6 Å². The van der Waals surface area contributed by atoms with Crippen LogP contribution in [0.25, 0.3) is 10.9 Å². The van der Waals surface area contributed by atoms with Crippen molar-refractivity contribution < 1.29 is 0 Å². The van der Waals surface area contributed by atoms with Crippen molar-refractivity contribution in [3.8, 4) is 0 Å². The van der Waals surface area contributed by atoms with Crippen LogP contribution in [0.15, 0.2) is 18.2 Å². The van der Waals surface area contributed by atoms with Gasteiger partial charge in [-0.2, -0.15) is 0 Å². The third kappa shape index (κ3) is 1.67. The number of benzene rings is 1. The molecule has 76 valence electrons. The molecule has 1 nitrogen and oxygen atoms in total. The molecule has 0 atom stereocenters. The molecule has 0 aliphatic rings. The first-order valence-corrected chi connectivity index (χ1v) is 5.24. The molecule has 0 radical (unpaired) electrons. The highest BCUT2D eigenvalue weighted by Crippen LogP contribution is 2.23. The number of H-pyrrole nitrogens is 1. The molecule has 0 aliphatic carbocycles. The highest BCUT2D eigenvalue weighted by Gasteiger charge is 2.03. The van der Waals surface area contributed by atoms with Crippen molar-refractivity contribution in [3.63, 3.8) is 0 Å². The molecule has 0 saturated carbocycles. The van der Waals surface area contributed by atoms with Crippen LogP contribution in [0, 0.1) is 20.8 Å². The molecule has 0 spiro atoms. The fraction of sp³-hybridized carbons (Fsp3) is 0.385. The van der Waals surface area contributed by atoms with Gasteiger partial charge in [0, 0.05) is 16.6 Å². The Hall–Kier alpha value is -1.24. The van der Waals surface area contributed by atoms with Crippen LogP contribution in [0.5, 0.6) is 0 Å². The normalized spacial score (nSPS) is 9.79. The molecule has 0 aliphatic heterocycles. The number of fused-ring (bicyclic) bond motifs is 1. The van der Waals surface area contributed by atoms with E-state index in [9.17, 15) is 0 Å². The molecule has 0 saturated heterocycles. The molecule has 0 fully saturated rings. The number of aromatic nitrogens is 1. The molecular formula is C13H19N. The van der Waals surface area contributed by atoms with Gasteiger partial charge in [0.2, 0.25) is 0 Å². The van der Waals surface area contributed by atoms with Gasteiger partial charge in [0.05, 0.1) is 0 Å². The Kier molecular flexibility index (Phi) is 3.34. The smallest absolute Gasteiger partial charge is 0.0488 e. The SMILES string of the molecule is CC.Cc1[nH]c2c(C)cccc2c1C. The molecule has 1 aromatic carbocycles. The third-order valence-electron chi connectivity index (χ3n) is 2.55. The molecule has 0 amide bonds. The van der Waals surface area contributed by atoms with Crippen LogP contribution < -0.4 is 0 Å². The standard InChI is InChI=1S/C11H13N.C2H6/c1-7-5-4-6-10-8(2)9(3)12-11(7)10;1-2/h4-6,12H,1-3H3;1-2H3. The van der Waals surface area contributed by atoms with E-state index in [-0.39, 0.29) is 0 Å². The maximum atomic E-state index is 3.40. The van der Waals surface area contributed by atoms with Gasteiger partial charge < -0.3 is 4.98 Å². The van der Waals surface area contributed by atoms with Crippen molar-refractivity contribution in [2.75, 3.05) is 0 Å². The van der Waals surface area contributed by atoms with E-state index in [1.54, 1.807) is 0 Å². The molecule has 1 heteroatoms. The molecule has 0 bridgehead atoms. The van der Waals surface area contributed by atoms with Gasteiger partial charge in [-0.05, 0) is 31.9 Å². The number of aryl methyl sites for hydroxylation is 3. The lowest BCUT2D eigenvalue weighted by molar-refractivity contribution is 1.25. The van der Waals surface area contributed by atoms with Crippen LogP contribution in [-0.4, -0.2) is 4.98 Å². The van der Waals surface area contributed by atoms with Gasteiger partial charge in [-0.15, -0.1) is 0 Å². The monoisotopic (exact) mass is 189 g/mol. The van der Waals surface area contributed by atoms with E-state index in [1.165, 1.54) is 27.7 Å². The summed E-state index contributed by atoms with van der Waals surface area (Å²) in [6.07, 6.45) is 0. The maximum absolute atomic E-state index is 3.40. The Bertz CT molecular complexity index is 424. The van der Waals surface area contributed by atoms with Gasteiger partial charge in [0.15, 0.2) is 0 Å². The predicted octanol–water partition coefficient (Wildman–Crippen LogP) is 4.12. The summed E-state index contributed by atoms with van der Waals surface area (Å²) in [5, 5.41) is 1.35. The molecule has 0 unspecified atom stereocenters. The maximum Gasteiger partial charge on any atom is 0.0488 e. The number of nitrogens with one attached hydrogen (secondary N) is 1. The summed E-state index contributed by atoms with van der Waals surface area (Å²) < 4.78 is 0. The lowest BCUT2D eigenvalue weighted by atomic mass is 10.1. The largest absolute Gasteiger partial charge is 0.358 e. The number of hydrogen-bond acceptors (Lipinski definition) is 0. The first-order chi connectivity index (χ1) is 6.70. The second-order valence-corrected chi connectivity index (χ2v) is 3.37. The minimum atomic E-state index is 1.28. The summed E-state index contributed by atoms with van der Waals surface area (Å²) in [4.78, 5) is 3.40. The van der Waals surface area contributed by atoms with E-state index < -0.39 is 0 Å². The molecule has 14 heavy (non-hydrogen) atoms. The lowest BCUT2D eigenvalue weighted by Crippen LogP contribution is -1.74. The Morgan fingerprint density at radius 2 is 1.64 bits per heavy atom. The van der Waals surface area contributed by atoms with Gasteiger partial charge in [-0.1, -0.05) is 32.0 Å². The van der Waals surface area contributed by atoms with E-state index in [4.69, 9.17) is 0 Å². The quantitative estimate of drug-likeness (QED) is 0.641. The summed E-state index contributed by atoms with van der Waals surface area (Å²) in [6, 6.07) is 6.41. The fourth-order valence-electron chi connectivity index (χ4n) is 1.63. The second kappa shape index (κ2) is 4.32. The van der Waals surface area contributed by atoms with E-state index >= 15 is 0 Å². The first-order valence-electron chi connectivity index (χ1n) is 5.24. The molecule has 1 N–H and O–H groups in total. The summed E-state index contributed by atoms with van der Waals surface area (Å²) in [7, 11) is 0. The van der Waals surface area contributed by atoms with Gasteiger partial charge in [-0.25, -0.2) is 0 Å². The fourth-order valence-corrected chi connectivity index (χ4v) is 1.63. The average Bonchev–Trinajstić information content (AvgIpc) is 2.50. The topological polar surface area (TPSA) is 15.8 Å². The van der Waals surface area contributed by atoms with Crippen LogP contribution in [0.2, 0.25) is 0 Å². The Labute approximate surface area is 86.2 Å². The van der Waals surface area contributed by atoms with Crippen molar-refractivity contribution in [1.29, 1.82) is 0 Å². The average molecular weight is 189 g/mol. The zero-order chi connectivity index (χ0) is 10.7. The van der Waals surface area contributed by atoms with Crippen molar-refractivity contribution in [3.05, 3.63) is 35.0 Å². The molecule has 1 aromatic heterocycles. The third-order valence-corrected chi connectivity index (χ3v) is 2.55. The van der Waals surface area contributed by atoms with Gasteiger partial charge >= 0.3 is 0 Å². The second-order valence-electron chi connectivity index (χ2n) is 3.37. The van der Waals surface area contributed by atoms with E-state index in [0.717, 1.165) is 0 Å². The first kappa shape index (κ1) is 10.8. The molecule has 2 rings (SSSR count).